The number of rotatable bonds is 6. The van der Waals surface area contributed by atoms with Gasteiger partial charge in [-0.25, -0.2) is 0 Å². The maximum atomic E-state index is 11.9. The van der Waals surface area contributed by atoms with Crippen LogP contribution in [0.5, 0.6) is 0 Å². The highest BCUT2D eigenvalue weighted by atomic mass is 35.5. The van der Waals surface area contributed by atoms with Crippen molar-refractivity contribution in [3.8, 4) is 0 Å². The monoisotopic (exact) mass is 341 g/mol. The smallest absolute Gasteiger partial charge is 0.221 e. The Labute approximate surface area is 140 Å². The number of amides is 1. The molecule has 1 atom stereocenters. The summed E-state index contributed by atoms with van der Waals surface area (Å²) in [6.07, 6.45) is 5.11. The Bertz CT molecular complexity index is 281. The third-order valence-electron chi connectivity index (χ3n) is 4.16. The summed E-state index contributed by atoms with van der Waals surface area (Å²) in [7, 11) is 1.74. The molecule has 0 spiro atoms. The molecule has 0 bridgehead atoms. The first-order valence-corrected chi connectivity index (χ1v) is 7.52. The SMILES string of the molecule is COCCN1CCC(NC(=O)CC2CCCN2)CC1.Cl.Cl. The molecular formula is C14H29Cl2N3O2. The van der Waals surface area contributed by atoms with Gasteiger partial charge in [0.05, 0.1) is 6.61 Å². The first kappa shape index (κ1) is 20.9. The zero-order valence-corrected chi connectivity index (χ0v) is 14.4. The maximum Gasteiger partial charge on any atom is 0.221 e. The summed E-state index contributed by atoms with van der Waals surface area (Å²) in [5.74, 6) is 0.217. The highest BCUT2D eigenvalue weighted by Crippen LogP contribution is 2.12. The Morgan fingerprint density at radius 3 is 2.57 bits per heavy atom. The van der Waals surface area contributed by atoms with Crippen LogP contribution in [0.2, 0.25) is 0 Å². The third-order valence-corrected chi connectivity index (χ3v) is 4.16. The van der Waals surface area contributed by atoms with Gasteiger partial charge in [-0.15, -0.1) is 24.8 Å². The predicted molar refractivity (Wildman–Crippen MR) is 89.6 cm³/mol. The number of carbonyl (C=O) groups excluding carboxylic acids is 1. The van der Waals surface area contributed by atoms with Gasteiger partial charge >= 0.3 is 0 Å². The fourth-order valence-corrected chi connectivity index (χ4v) is 2.96. The van der Waals surface area contributed by atoms with Gasteiger partial charge in [0.15, 0.2) is 0 Å². The van der Waals surface area contributed by atoms with Crippen LogP contribution in [-0.2, 0) is 9.53 Å². The number of carbonyl (C=O) groups is 1. The largest absolute Gasteiger partial charge is 0.383 e. The summed E-state index contributed by atoms with van der Waals surface area (Å²) in [6, 6.07) is 0.773. The van der Waals surface area contributed by atoms with Crippen LogP contribution in [0, 0.1) is 0 Å². The van der Waals surface area contributed by atoms with Gasteiger partial charge in [0, 0.05) is 45.2 Å². The molecular weight excluding hydrogens is 313 g/mol. The molecule has 2 N–H and O–H groups in total. The minimum absolute atomic E-state index is 0. The summed E-state index contributed by atoms with van der Waals surface area (Å²) in [5, 5.41) is 6.56. The Morgan fingerprint density at radius 1 is 1.29 bits per heavy atom. The third kappa shape index (κ3) is 7.66. The van der Waals surface area contributed by atoms with Crippen LogP contribution in [0.15, 0.2) is 0 Å². The second-order valence-corrected chi connectivity index (χ2v) is 5.67. The minimum Gasteiger partial charge on any atom is -0.383 e. The average Bonchev–Trinajstić information content (AvgIpc) is 2.90. The van der Waals surface area contributed by atoms with Crippen LogP contribution >= 0.6 is 24.8 Å². The summed E-state index contributed by atoms with van der Waals surface area (Å²) in [6.45, 7) is 5.00. The second kappa shape index (κ2) is 11.5. The average molecular weight is 342 g/mol. The van der Waals surface area contributed by atoms with Crippen molar-refractivity contribution < 1.29 is 9.53 Å². The Kier molecular flexibility index (Phi) is 11.5. The molecule has 1 unspecified atom stereocenters. The Balaban J connectivity index is 0.00000200. The van der Waals surface area contributed by atoms with E-state index in [0.29, 0.717) is 18.5 Å². The van der Waals surface area contributed by atoms with Crippen molar-refractivity contribution >= 4 is 30.7 Å². The van der Waals surface area contributed by atoms with Crippen molar-refractivity contribution in [2.24, 2.45) is 0 Å². The molecule has 21 heavy (non-hydrogen) atoms. The molecule has 0 aromatic heterocycles. The molecule has 126 valence electrons. The van der Waals surface area contributed by atoms with E-state index in [0.717, 1.165) is 52.0 Å². The number of ether oxygens (including phenoxy) is 1. The molecule has 1 amide bonds. The molecule has 2 heterocycles. The van der Waals surface area contributed by atoms with Crippen LogP contribution in [0.3, 0.4) is 0 Å². The molecule has 0 radical (unpaired) electrons. The van der Waals surface area contributed by atoms with Crippen molar-refractivity contribution in [2.75, 3.05) is 39.9 Å². The lowest BCUT2D eigenvalue weighted by atomic mass is 10.0. The molecule has 0 saturated carbocycles. The molecule has 7 heteroatoms. The highest BCUT2D eigenvalue weighted by Gasteiger charge is 2.22. The van der Waals surface area contributed by atoms with Crippen molar-refractivity contribution in [3.63, 3.8) is 0 Å². The van der Waals surface area contributed by atoms with Crippen LogP contribution in [-0.4, -0.2) is 62.8 Å². The Morgan fingerprint density at radius 2 is 2.00 bits per heavy atom. The zero-order chi connectivity index (χ0) is 13.5. The van der Waals surface area contributed by atoms with E-state index in [9.17, 15) is 4.79 Å². The highest BCUT2D eigenvalue weighted by molar-refractivity contribution is 5.85. The number of hydrogen-bond acceptors (Lipinski definition) is 4. The molecule has 0 aliphatic carbocycles. The molecule has 0 aromatic carbocycles. The van der Waals surface area contributed by atoms with Gasteiger partial charge in [-0.05, 0) is 32.2 Å². The van der Waals surface area contributed by atoms with Gasteiger partial charge in [-0.1, -0.05) is 0 Å². The number of nitrogens with zero attached hydrogens (tertiary/aromatic N) is 1. The quantitative estimate of drug-likeness (QED) is 0.762. The lowest BCUT2D eigenvalue weighted by Gasteiger charge is -2.32. The molecule has 2 aliphatic rings. The van der Waals surface area contributed by atoms with E-state index in [2.05, 4.69) is 15.5 Å². The topological polar surface area (TPSA) is 53.6 Å². The van der Waals surface area contributed by atoms with Crippen LogP contribution in [0.4, 0.5) is 0 Å². The normalized spacial score (nSPS) is 23.2. The Hall–Kier alpha value is -0.0700. The van der Waals surface area contributed by atoms with Gasteiger partial charge in [0.2, 0.25) is 5.91 Å². The second-order valence-electron chi connectivity index (χ2n) is 5.67. The van der Waals surface area contributed by atoms with Gasteiger partial charge in [0.25, 0.3) is 0 Å². The van der Waals surface area contributed by atoms with E-state index in [1.54, 1.807) is 7.11 Å². The van der Waals surface area contributed by atoms with Gasteiger partial charge in [0.1, 0.15) is 0 Å². The van der Waals surface area contributed by atoms with E-state index in [4.69, 9.17) is 4.74 Å². The predicted octanol–water partition coefficient (Wildman–Crippen LogP) is 1.20. The fourth-order valence-electron chi connectivity index (χ4n) is 2.96. The van der Waals surface area contributed by atoms with E-state index in [-0.39, 0.29) is 30.7 Å². The molecule has 2 fully saturated rings. The van der Waals surface area contributed by atoms with E-state index in [1.807, 2.05) is 0 Å². The van der Waals surface area contributed by atoms with E-state index >= 15 is 0 Å². The van der Waals surface area contributed by atoms with E-state index in [1.165, 1.54) is 6.42 Å². The lowest BCUT2D eigenvalue weighted by molar-refractivity contribution is -0.122. The van der Waals surface area contributed by atoms with Gasteiger partial charge in [-0.3, -0.25) is 4.79 Å². The van der Waals surface area contributed by atoms with Crippen LogP contribution < -0.4 is 10.6 Å². The number of piperidine rings is 1. The number of nitrogens with one attached hydrogen (secondary N) is 2. The van der Waals surface area contributed by atoms with Crippen molar-refractivity contribution in [1.29, 1.82) is 0 Å². The molecule has 0 aromatic rings. The summed E-state index contributed by atoms with van der Waals surface area (Å²) < 4.78 is 5.09. The molecule has 2 aliphatic heterocycles. The van der Waals surface area contributed by atoms with Gasteiger partial charge < -0.3 is 20.3 Å². The zero-order valence-electron chi connectivity index (χ0n) is 12.8. The number of likely N-dealkylation sites (tertiary alicyclic amines) is 1. The summed E-state index contributed by atoms with van der Waals surface area (Å²) in [5.41, 5.74) is 0. The molecule has 5 nitrogen and oxygen atoms in total. The molecule has 2 saturated heterocycles. The van der Waals surface area contributed by atoms with Crippen LogP contribution in [0.1, 0.15) is 32.1 Å². The summed E-state index contributed by atoms with van der Waals surface area (Å²) in [4.78, 5) is 14.3. The van der Waals surface area contributed by atoms with E-state index < -0.39 is 0 Å². The lowest BCUT2D eigenvalue weighted by Crippen LogP contribution is -2.46. The fraction of sp³-hybridized carbons (Fsp3) is 0.929. The standard InChI is InChI=1S/C14H27N3O2.2ClH/c1-19-10-9-17-7-4-12(5-8-17)16-14(18)11-13-3-2-6-15-13;;/h12-13,15H,2-11H2,1H3,(H,16,18);2*1H. The maximum absolute atomic E-state index is 11.9. The minimum atomic E-state index is 0. The van der Waals surface area contributed by atoms with Crippen molar-refractivity contribution in [2.45, 2.75) is 44.2 Å². The first-order chi connectivity index (χ1) is 9.28. The molecule has 2 rings (SSSR count). The van der Waals surface area contributed by atoms with Crippen molar-refractivity contribution in [1.82, 2.24) is 15.5 Å². The number of halogens is 2. The number of methoxy groups -OCH3 is 1. The summed E-state index contributed by atoms with van der Waals surface area (Å²) >= 11 is 0. The number of hydrogen-bond donors (Lipinski definition) is 2. The van der Waals surface area contributed by atoms with Crippen LogP contribution in [0.25, 0.3) is 0 Å². The van der Waals surface area contributed by atoms with Crippen molar-refractivity contribution in [3.05, 3.63) is 0 Å². The first-order valence-electron chi connectivity index (χ1n) is 7.52. The van der Waals surface area contributed by atoms with Gasteiger partial charge in [-0.2, -0.15) is 0 Å².